The van der Waals surface area contributed by atoms with Crippen LogP contribution in [0.5, 0.6) is 0 Å². The molecular formula is C14H18O4. The van der Waals surface area contributed by atoms with Gasteiger partial charge in [-0.2, -0.15) is 0 Å². The summed E-state index contributed by atoms with van der Waals surface area (Å²) in [5, 5.41) is 8.75. The lowest BCUT2D eigenvalue weighted by molar-refractivity contribution is 0.0173. The summed E-state index contributed by atoms with van der Waals surface area (Å²) in [4.78, 5) is 22.5. The molecule has 1 aromatic rings. The molecule has 1 unspecified atom stereocenters. The predicted octanol–water partition coefficient (Wildman–Crippen LogP) is 2.98. The van der Waals surface area contributed by atoms with Crippen LogP contribution in [0.4, 0.5) is 0 Å². The van der Waals surface area contributed by atoms with Gasteiger partial charge in [0.05, 0.1) is 11.1 Å². The number of carbonyl (C=O) groups is 2. The zero-order chi connectivity index (χ0) is 13.7. The summed E-state index contributed by atoms with van der Waals surface area (Å²) < 4.78 is 5.36. The van der Waals surface area contributed by atoms with Gasteiger partial charge in [0.1, 0.15) is 6.10 Å². The van der Waals surface area contributed by atoms with Crippen molar-refractivity contribution >= 4 is 11.9 Å². The van der Waals surface area contributed by atoms with Crippen molar-refractivity contribution in [2.75, 3.05) is 0 Å². The summed E-state index contributed by atoms with van der Waals surface area (Å²) in [7, 11) is 0. The zero-order valence-electron chi connectivity index (χ0n) is 10.8. The van der Waals surface area contributed by atoms with Crippen LogP contribution in [0.1, 0.15) is 47.9 Å². The van der Waals surface area contributed by atoms with Crippen molar-refractivity contribution < 1.29 is 19.4 Å². The Morgan fingerprint density at radius 1 is 1.17 bits per heavy atom. The molecule has 0 bridgehead atoms. The fraction of sp³-hybridized carbons (Fsp3) is 0.429. The van der Waals surface area contributed by atoms with Gasteiger partial charge in [0.25, 0.3) is 0 Å². The average Bonchev–Trinajstić information content (AvgIpc) is 2.35. The number of rotatable bonds is 5. The zero-order valence-corrected chi connectivity index (χ0v) is 10.8. The molecule has 1 N–H and O–H groups in total. The van der Waals surface area contributed by atoms with Gasteiger partial charge in [-0.15, -0.1) is 0 Å². The van der Waals surface area contributed by atoms with E-state index in [4.69, 9.17) is 9.84 Å². The van der Waals surface area contributed by atoms with Crippen molar-refractivity contribution in [3.05, 3.63) is 35.4 Å². The first-order chi connectivity index (χ1) is 8.45. The molecule has 0 heterocycles. The average molecular weight is 250 g/mol. The third kappa shape index (κ3) is 3.58. The van der Waals surface area contributed by atoms with Gasteiger partial charge in [0, 0.05) is 0 Å². The van der Waals surface area contributed by atoms with Crippen LogP contribution in [-0.2, 0) is 4.74 Å². The van der Waals surface area contributed by atoms with Gasteiger partial charge >= 0.3 is 11.9 Å². The largest absolute Gasteiger partial charge is 0.478 e. The molecule has 0 amide bonds. The number of benzene rings is 1. The maximum Gasteiger partial charge on any atom is 0.338 e. The van der Waals surface area contributed by atoms with Crippen molar-refractivity contribution in [3.63, 3.8) is 0 Å². The van der Waals surface area contributed by atoms with E-state index in [1.165, 1.54) is 24.3 Å². The summed E-state index contributed by atoms with van der Waals surface area (Å²) in [6, 6.07) is 5.74. The molecule has 0 fully saturated rings. The Morgan fingerprint density at radius 3 is 2.06 bits per heavy atom. The van der Waals surface area contributed by atoms with Crippen LogP contribution in [0.15, 0.2) is 24.3 Å². The van der Waals surface area contributed by atoms with Gasteiger partial charge in [-0.05, 0) is 36.6 Å². The van der Waals surface area contributed by atoms with Crippen molar-refractivity contribution in [1.82, 2.24) is 0 Å². The maximum atomic E-state index is 11.8. The van der Waals surface area contributed by atoms with Gasteiger partial charge in [0.2, 0.25) is 0 Å². The molecule has 0 saturated carbocycles. The van der Waals surface area contributed by atoms with E-state index < -0.39 is 11.9 Å². The van der Waals surface area contributed by atoms with Crippen LogP contribution in [0.25, 0.3) is 0 Å². The third-order valence-corrected chi connectivity index (χ3v) is 2.77. The number of ether oxygens (including phenoxy) is 1. The molecule has 0 saturated heterocycles. The van der Waals surface area contributed by atoms with E-state index in [1.54, 1.807) is 0 Å². The minimum Gasteiger partial charge on any atom is -0.478 e. The number of carbonyl (C=O) groups excluding carboxylic acids is 1. The fourth-order valence-electron chi connectivity index (χ4n) is 1.65. The van der Waals surface area contributed by atoms with Crippen molar-refractivity contribution in [3.8, 4) is 0 Å². The quantitative estimate of drug-likeness (QED) is 0.816. The molecule has 1 aromatic carbocycles. The van der Waals surface area contributed by atoms with E-state index in [2.05, 4.69) is 0 Å². The van der Waals surface area contributed by atoms with E-state index in [9.17, 15) is 9.59 Å². The Labute approximate surface area is 107 Å². The molecule has 4 nitrogen and oxygen atoms in total. The normalized spacial score (nSPS) is 12.2. The second-order valence-corrected chi connectivity index (χ2v) is 4.48. The second-order valence-electron chi connectivity index (χ2n) is 4.48. The molecule has 0 aromatic heterocycles. The van der Waals surface area contributed by atoms with Gasteiger partial charge in [-0.1, -0.05) is 20.8 Å². The van der Waals surface area contributed by atoms with Gasteiger partial charge in [-0.25, -0.2) is 9.59 Å². The van der Waals surface area contributed by atoms with E-state index in [1.807, 2.05) is 20.8 Å². The van der Waals surface area contributed by atoms with E-state index in [0.717, 1.165) is 6.42 Å². The molecule has 18 heavy (non-hydrogen) atoms. The van der Waals surface area contributed by atoms with Crippen molar-refractivity contribution in [2.45, 2.75) is 33.3 Å². The smallest absolute Gasteiger partial charge is 0.338 e. The SMILES string of the molecule is CCC(OC(=O)c1ccc(C(=O)O)cc1)C(C)C. The Kier molecular flexibility index (Phi) is 4.89. The summed E-state index contributed by atoms with van der Waals surface area (Å²) in [6.07, 6.45) is 0.646. The number of aromatic carboxylic acids is 1. The first-order valence-electron chi connectivity index (χ1n) is 6.00. The number of hydrogen-bond donors (Lipinski definition) is 1. The highest BCUT2D eigenvalue weighted by Crippen LogP contribution is 2.14. The molecular weight excluding hydrogens is 232 g/mol. The van der Waals surface area contributed by atoms with Crippen LogP contribution in [0, 0.1) is 5.92 Å². The minimum atomic E-state index is -1.01. The van der Waals surface area contributed by atoms with Gasteiger partial charge in [-0.3, -0.25) is 0 Å². The molecule has 98 valence electrons. The Balaban J connectivity index is 2.75. The molecule has 0 aliphatic carbocycles. The molecule has 0 aliphatic heterocycles. The van der Waals surface area contributed by atoms with Gasteiger partial charge < -0.3 is 9.84 Å². The third-order valence-electron chi connectivity index (χ3n) is 2.77. The Bertz CT molecular complexity index is 420. The molecule has 0 aliphatic rings. The second kappa shape index (κ2) is 6.19. The topological polar surface area (TPSA) is 63.6 Å². The Hall–Kier alpha value is -1.84. The summed E-state index contributed by atoms with van der Waals surface area (Å²) in [5.41, 5.74) is 0.529. The Morgan fingerprint density at radius 2 is 1.67 bits per heavy atom. The molecule has 4 heteroatoms. The first kappa shape index (κ1) is 14.2. The highest BCUT2D eigenvalue weighted by Gasteiger charge is 2.17. The fourth-order valence-corrected chi connectivity index (χ4v) is 1.65. The van der Waals surface area contributed by atoms with Crippen molar-refractivity contribution in [1.29, 1.82) is 0 Å². The number of carboxylic acid groups (broad SMARTS) is 1. The lowest BCUT2D eigenvalue weighted by Gasteiger charge is -2.19. The van der Waals surface area contributed by atoms with Crippen LogP contribution >= 0.6 is 0 Å². The predicted molar refractivity (Wildman–Crippen MR) is 67.7 cm³/mol. The lowest BCUT2D eigenvalue weighted by atomic mass is 10.1. The van der Waals surface area contributed by atoms with E-state index in [0.29, 0.717) is 5.56 Å². The minimum absolute atomic E-state index is 0.114. The molecule has 0 radical (unpaired) electrons. The maximum absolute atomic E-state index is 11.8. The molecule has 1 rings (SSSR count). The van der Waals surface area contributed by atoms with E-state index in [-0.39, 0.29) is 17.6 Å². The van der Waals surface area contributed by atoms with Crippen LogP contribution in [0.2, 0.25) is 0 Å². The van der Waals surface area contributed by atoms with Crippen LogP contribution in [0.3, 0.4) is 0 Å². The number of hydrogen-bond acceptors (Lipinski definition) is 3. The monoisotopic (exact) mass is 250 g/mol. The summed E-state index contributed by atoms with van der Waals surface area (Å²) in [6.45, 7) is 5.95. The first-order valence-corrected chi connectivity index (χ1v) is 6.00. The standard InChI is InChI=1S/C14H18O4/c1-4-12(9(2)3)18-14(17)11-7-5-10(6-8-11)13(15)16/h5-9,12H,4H2,1-3H3,(H,15,16). The van der Waals surface area contributed by atoms with Gasteiger partial charge in [0.15, 0.2) is 0 Å². The van der Waals surface area contributed by atoms with Crippen molar-refractivity contribution in [2.24, 2.45) is 5.92 Å². The number of carboxylic acids is 1. The van der Waals surface area contributed by atoms with Crippen LogP contribution in [-0.4, -0.2) is 23.1 Å². The molecule has 0 spiro atoms. The highest BCUT2D eigenvalue weighted by atomic mass is 16.5. The lowest BCUT2D eigenvalue weighted by Crippen LogP contribution is -2.22. The summed E-state index contributed by atoms with van der Waals surface area (Å²) >= 11 is 0. The summed E-state index contributed by atoms with van der Waals surface area (Å²) in [5.74, 6) is -1.16. The van der Waals surface area contributed by atoms with Crippen LogP contribution < -0.4 is 0 Å². The van der Waals surface area contributed by atoms with E-state index >= 15 is 0 Å². The highest BCUT2D eigenvalue weighted by molar-refractivity contribution is 5.92. The molecule has 1 atom stereocenters. The number of esters is 1.